The zero-order valence-corrected chi connectivity index (χ0v) is 7.03. The van der Waals surface area contributed by atoms with Crippen LogP contribution in [0.5, 0.6) is 0 Å². The van der Waals surface area contributed by atoms with Crippen LogP contribution in [0.25, 0.3) is 0 Å². The number of hydrogen-bond donors (Lipinski definition) is 0. The lowest BCUT2D eigenvalue weighted by Gasteiger charge is -1.98. The predicted octanol–water partition coefficient (Wildman–Crippen LogP) is 1.85. The third-order valence-electron chi connectivity index (χ3n) is 1.82. The van der Waals surface area contributed by atoms with Crippen molar-refractivity contribution in [3.63, 3.8) is 0 Å². The van der Waals surface area contributed by atoms with Crippen molar-refractivity contribution in [3.8, 4) is 0 Å². The van der Waals surface area contributed by atoms with E-state index in [1.807, 2.05) is 30.3 Å². The minimum atomic E-state index is 0.306. The number of rotatable bonds is 1. The molecule has 1 aromatic carbocycles. The Morgan fingerprint density at radius 1 is 1.33 bits per heavy atom. The molecule has 0 aromatic heterocycles. The molecule has 1 atom stereocenters. The molecule has 0 N–H and O–H groups in total. The number of hydrogen-bond acceptors (Lipinski definition) is 2. The van der Waals surface area contributed by atoms with Gasteiger partial charge in [-0.1, -0.05) is 18.2 Å². The van der Waals surface area contributed by atoms with Gasteiger partial charge in [-0.15, -0.1) is 0 Å². The summed E-state index contributed by atoms with van der Waals surface area (Å²) in [6, 6.07) is 10.3. The molecule has 62 valence electrons. The fourth-order valence-electron chi connectivity index (χ4n) is 1.21. The molecule has 0 radical (unpaired) electrons. The van der Waals surface area contributed by atoms with Gasteiger partial charge in [-0.3, -0.25) is 0 Å². The van der Waals surface area contributed by atoms with Crippen LogP contribution in [0, 0.1) is 0 Å². The Bertz CT molecular complexity index is 292. The van der Waals surface area contributed by atoms with Crippen LogP contribution in [0.4, 0.5) is 0 Å². The maximum absolute atomic E-state index is 5.40. The van der Waals surface area contributed by atoms with Crippen molar-refractivity contribution in [2.24, 2.45) is 4.99 Å². The van der Waals surface area contributed by atoms with Crippen molar-refractivity contribution in [3.05, 3.63) is 35.9 Å². The van der Waals surface area contributed by atoms with Gasteiger partial charge in [-0.05, 0) is 19.1 Å². The van der Waals surface area contributed by atoms with Gasteiger partial charge in [0.1, 0.15) is 6.61 Å². The average molecular weight is 161 g/mol. The van der Waals surface area contributed by atoms with Crippen LogP contribution in [0.1, 0.15) is 12.5 Å². The molecule has 0 saturated heterocycles. The van der Waals surface area contributed by atoms with E-state index in [-0.39, 0.29) is 0 Å². The van der Waals surface area contributed by atoms with Crippen molar-refractivity contribution >= 4 is 5.90 Å². The Kier molecular flexibility index (Phi) is 1.82. The molecule has 0 fully saturated rings. The van der Waals surface area contributed by atoms with E-state index in [4.69, 9.17) is 4.74 Å². The molecule has 1 heterocycles. The van der Waals surface area contributed by atoms with Crippen LogP contribution >= 0.6 is 0 Å². The second-order valence-corrected chi connectivity index (χ2v) is 2.96. The predicted molar refractivity (Wildman–Crippen MR) is 48.4 cm³/mol. The van der Waals surface area contributed by atoms with Gasteiger partial charge in [0, 0.05) is 5.56 Å². The lowest BCUT2D eigenvalue weighted by Crippen LogP contribution is -2.01. The summed E-state index contributed by atoms with van der Waals surface area (Å²) in [7, 11) is 0. The van der Waals surface area contributed by atoms with Gasteiger partial charge in [0.2, 0.25) is 5.90 Å². The Hall–Kier alpha value is -1.31. The number of ether oxygens (including phenoxy) is 1. The summed E-state index contributed by atoms with van der Waals surface area (Å²) in [5, 5.41) is 0. The molecule has 0 spiro atoms. The van der Waals surface area contributed by atoms with Crippen molar-refractivity contribution in [1.29, 1.82) is 0 Å². The lowest BCUT2D eigenvalue weighted by atomic mass is 10.2. The van der Waals surface area contributed by atoms with Gasteiger partial charge < -0.3 is 4.74 Å². The first-order valence-electron chi connectivity index (χ1n) is 4.12. The van der Waals surface area contributed by atoms with Crippen LogP contribution in [0.2, 0.25) is 0 Å². The second kappa shape index (κ2) is 2.97. The standard InChI is InChI=1S/C10H11NO/c1-8-7-12-10(11-8)9-5-3-2-4-6-9/h2-6,8H,7H2,1H3. The molecule has 2 rings (SSSR count). The van der Waals surface area contributed by atoms with Crippen molar-refractivity contribution < 1.29 is 4.74 Å². The third-order valence-corrected chi connectivity index (χ3v) is 1.82. The van der Waals surface area contributed by atoms with E-state index < -0.39 is 0 Å². The zero-order valence-electron chi connectivity index (χ0n) is 7.03. The first kappa shape index (κ1) is 7.35. The summed E-state index contributed by atoms with van der Waals surface area (Å²) in [6.07, 6.45) is 0. The smallest absolute Gasteiger partial charge is 0.216 e. The Morgan fingerprint density at radius 3 is 2.67 bits per heavy atom. The summed E-state index contributed by atoms with van der Waals surface area (Å²) >= 11 is 0. The molecule has 1 aromatic rings. The van der Waals surface area contributed by atoms with E-state index >= 15 is 0 Å². The summed E-state index contributed by atoms with van der Waals surface area (Å²) in [5.41, 5.74) is 1.07. The third kappa shape index (κ3) is 1.33. The Labute approximate surface area is 71.9 Å². The largest absolute Gasteiger partial charge is 0.475 e. The maximum atomic E-state index is 5.40. The molecular formula is C10H11NO. The molecule has 12 heavy (non-hydrogen) atoms. The first-order valence-corrected chi connectivity index (χ1v) is 4.12. The highest BCUT2D eigenvalue weighted by atomic mass is 16.5. The highest BCUT2D eigenvalue weighted by molar-refractivity contribution is 5.95. The van der Waals surface area contributed by atoms with E-state index in [1.54, 1.807) is 0 Å². The normalized spacial score (nSPS) is 21.8. The SMILES string of the molecule is CC1COC(c2ccccc2)=N1. The van der Waals surface area contributed by atoms with Crippen molar-refractivity contribution in [2.45, 2.75) is 13.0 Å². The fraction of sp³-hybridized carbons (Fsp3) is 0.300. The molecule has 1 aliphatic heterocycles. The van der Waals surface area contributed by atoms with Crippen LogP contribution in [-0.4, -0.2) is 18.5 Å². The average Bonchev–Trinajstić information content (AvgIpc) is 2.54. The minimum absolute atomic E-state index is 0.306. The van der Waals surface area contributed by atoms with Crippen molar-refractivity contribution in [1.82, 2.24) is 0 Å². The molecule has 1 aliphatic rings. The van der Waals surface area contributed by atoms with Crippen LogP contribution in [-0.2, 0) is 4.74 Å². The monoisotopic (exact) mass is 161 g/mol. The summed E-state index contributed by atoms with van der Waals surface area (Å²) in [5.74, 6) is 0.781. The van der Waals surface area contributed by atoms with Crippen LogP contribution < -0.4 is 0 Å². The van der Waals surface area contributed by atoms with Crippen LogP contribution in [0.15, 0.2) is 35.3 Å². The summed E-state index contributed by atoms with van der Waals surface area (Å²) in [6.45, 7) is 2.76. The number of nitrogens with zero attached hydrogens (tertiary/aromatic N) is 1. The number of benzene rings is 1. The number of aliphatic imine (C=N–C) groups is 1. The van der Waals surface area contributed by atoms with E-state index in [0.717, 1.165) is 11.5 Å². The van der Waals surface area contributed by atoms with Crippen LogP contribution in [0.3, 0.4) is 0 Å². The van der Waals surface area contributed by atoms with Gasteiger partial charge in [0.25, 0.3) is 0 Å². The van der Waals surface area contributed by atoms with E-state index in [0.29, 0.717) is 12.6 Å². The van der Waals surface area contributed by atoms with Gasteiger partial charge in [-0.2, -0.15) is 0 Å². The Balaban J connectivity index is 2.27. The molecular weight excluding hydrogens is 150 g/mol. The van der Waals surface area contributed by atoms with Gasteiger partial charge >= 0.3 is 0 Å². The lowest BCUT2D eigenvalue weighted by molar-refractivity contribution is 0.324. The molecule has 2 nitrogen and oxygen atoms in total. The topological polar surface area (TPSA) is 21.6 Å². The molecule has 1 unspecified atom stereocenters. The molecule has 0 saturated carbocycles. The fourth-order valence-corrected chi connectivity index (χ4v) is 1.21. The van der Waals surface area contributed by atoms with E-state index in [1.165, 1.54) is 0 Å². The minimum Gasteiger partial charge on any atom is -0.475 e. The van der Waals surface area contributed by atoms with Gasteiger partial charge in [-0.25, -0.2) is 4.99 Å². The van der Waals surface area contributed by atoms with Gasteiger partial charge in [0.05, 0.1) is 6.04 Å². The molecule has 0 bridgehead atoms. The highest BCUT2D eigenvalue weighted by Crippen LogP contribution is 2.10. The second-order valence-electron chi connectivity index (χ2n) is 2.96. The van der Waals surface area contributed by atoms with E-state index in [9.17, 15) is 0 Å². The summed E-state index contributed by atoms with van der Waals surface area (Å²) < 4.78 is 5.40. The van der Waals surface area contributed by atoms with Crippen molar-refractivity contribution in [2.75, 3.05) is 6.61 Å². The molecule has 0 aliphatic carbocycles. The molecule has 0 amide bonds. The van der Waals surface area contributed by atoms with E-state index in [2.05, 4.69) is 11.9 Å². The highest BCUT2D eigenvalue weighted by Gasteiger charge is 2.14. The first-order chi connectivity index (χ1) is 5.86. The zero-order chi connectivity index (χ0) is 8.39. The van der Waals surface area contributed by atoms with Gasteiger partial charge in [0.15, 0.2) is 0 Å². The molecule has 2 heteroatoms. The summed E-state index contributed by atoms with van der Waals surface area (Å²) in [4.78, 5) is 4.35. The Morgan fingerprint density at radius 2 is 2.08 bits per heavy atom. The maximum Gasteiger partial charge on any atom is 0.216 e. The quantitative estimate of drug-likeness (QED) is 0.616.